The van der Waals surface area contributed by atoms with Gasteiger partial charge in [0.1, 0.15) is 0 Å². The summed E-state index contributed by atoms with van der Waals surface area (Å²) in [5, 5.41) is 3.81. The second-order valence-electron chi connectivity index (χ2n) is 7.08. The van der Waals surface area contributed by atoms with Gasteiger partial charge < -0.3 is 5.32 Å². The van der Waals surface area contributed by atoms with Crippen molar-refractivity contribution in [1.29, 1.82) is 0 Å². The van der Waals surface area contributed by atoms with Crippen LogP contribution in [0.25, 0.3) is 0 Å². The van der Waals surface area contributed by atoms with Crippen molar-refractivity contribution >= 4 is 0 Å². The third-order valence-corrected chi connectivity index (χ3v) is 5.10. The molecule has 0 radical (unpaired) electrons. The summed E-state index contributed by atoms with van der Waals surface area (Å²) in [5.74, 6) is 2.03. The molecular formula is C16H30N2. The molecule has 3 aliphatic rings. The van der Waals surface area contributed by atoms with Crippen LogP contribution >= 0.6 is 0 Å². The van der Waals surface area contributed by atoms with Crippen LogP contribution in [0.1, 0.15) is 58.3 Å². The van der Waals surface area contributed by atoms with Crippen molar-refractivity contribution in [2.75, 3.05) is 19.6 Å². The second kappa shape index (κ2) is 5.92. The zero-order valence-corrected chi connectivity index (χ0v) is 12.0. The van der Waals surface area contributed by atoms with Crippen molar-refractivity contribution in [2.45, 2.75) is 70.4 Å². The van der Waals surface area contributed by atoms with Crippen LogP contribution in [0.4, 0.5) is 0 Å². The fourth-order valence-electron chi connectivity index (χ4n) is 3.37. The van der Waals surface area contributed by atoms with Gasteiger partial charge in [0.2, 0.25) is 0 Å². The normalized spacial score (nSPS) is 33.0. The Kier molecular flexibility index (Phi) is 4.25. The monoisotopic (exact) mass is 250 g/mol. The molecule has 0 bridgehead atoms. The highest BCUT2D eigenvalue weighted by Crippen LogP contribution is 2.34. The van der Waals surface area contributed by atoms with Gasteiger partial charge in [-0.25, -0.2) is 0 Å². The Labute approximate surface area is 113 Å². The summed E-state index contributed by atoms with van der Waals surface area (Å²) in [6.45, 7) is 6.32. The first-order valence-electron chi connectivity index (χ1n) is 8.28. The summed E-state index contributed by atoms with van der Waals surface area (Å²) in [6, 6.07) is 1.78. The second-order valence-corrected chi connectivity index (χ2v) is 7.08. The van der Waals surface area contributed by atoms with Crippen molar-refractivity contribution in [3.8, 4) is 0 Å². The van der Waals surface area contributed by atoms with Gasteiger partial charge in [-0.15, -0.1) is 0 Å². The highest BCUT2D eigenvalue weighted by molar-refractivity contribution is 4.89. The molecule has 0 unspecified atom stereocenters. The van der Waals surface area contributed by atoms with Gasteiger partial charge in [0, 0.05) is 31.7 Å². The molecule has 0 aliphatic heterocycles. The lowest BCUT2D eigenvalue weighted by molar-refractivity contribution is 0.237. The predicted molar refractivity (Wildman–Crippen MR) is 76.7 cm³/mol. The van der Waals surface area contributed by atoms with E-state index < -0.39 is 0 Å². The van der Waals surface area contributed by atoms with Gasteiger partial charge in [-0.3, -0.25) is 4.90 Å². The molecule has 0 aromatic carbocycles. The van der Waals surface area contributed by atoms with Crippen LogP contribution < -0.4 is 5.32 Å². The van der Waals surface area contributed by atoms with Crippen molar-refractivity contribution in [3.05, 3.63) is 0 Å². The van der Waals surface area contributed by atoms with E-state index in [1.165, 1.54) is 71.0 Å². The largest absolute Gasteiger partial charge is 0.313 e. The standard InChI is InChI=1S/C16H30N2/c1-13-2-6-15(7-3-13)17-10-11-18(16-8-9-16)12-14-4-5-14/h13-17H,2-12H2,1H3. The van der Waals surface area contributed by atoms with Crippen molar-refractivity contribution in [1.82, 2.24) is 10.2 Å². The average Bonchev–Trinajstić information content (AvgIpc) is 3.24. The molecule has 104 valence electrons. The highest BCUT2D eigenvalue weighted by Gasteiger charge is 2.33. The quantitative estimate of drug-likeness (QED) is 0.747. The Morgan fingerprint density at radius 3 is 2.28 bits per heavy atom. The molecule has 2 nitrogen and oxygen atoms in total. The van der Waals surface area contributed by atoms with Crippen LogP contribution in [0.15, 0.2) is 0 Å². The average molecular weight is 250 g/mol. The van der Waals surface area contributed by atoms with E-state index in [1.54, 1.807) is 0 Å². The number of hydrogen-bond donors (Lipinski definition) is 1. The first kappa shape index (κ1) is 12.9. The number of rotatable bonds is 7. The van der Waals surface area contributed by atoms with Crippen molar-refractivity contribution in [2.24, 2.45) is 11.8 Å². The summed E-state index contributed by atoms with van der Waals surface area (Å²) in [5.41, 5.74) is 0. The van der Waals surface area contributed by atoms with Gasteiger partial charge in [-0.05, 0) is 63.2 Å². The molecule has 0 heterocycles. The molecule has 0 atom stereocenters. The maximum Gasteiger partial charge on any atom is 0.0110 e. The van der Waals surface area contributed by atoms with Crippen LogP contribution in [0.5, 0.6) is 0 Å². The molecule has 18 heavy (non-hydrogen) atoms. The molecule has 0 amide bonds. The minimum absolute atomic E-state index is 0.822. The van der Waals surface area contributed by atoms with Gasteiger partial charge in [-0.1, -0.05) is 6.92 Å². The lowest BCUT2D eigenvalue weighted by atomic mass is 9.87. The summed E-state index contributed by atoms with van der Waals surface area (Å²) < 4.78 is 0. The smallest absolute Gasteiger partial charge is 0.0110 e. The molecule has 0 aromatic rings. The van der Waals surface area contributed by atoms with Crippen molar-refractivity contribution in [3.63, 3.8) is 0 Å². The molecule has 0 aromatic heterocycles. The fraction of sp³-hybridized carbons (Fsp3) is 1.00. The Balaban J connectivity index is 1.32. The van der Waals surface area contributed by atoms with Crippen LogP contribution in [0.2, 0.25) is 0 Å². The minimum Gasteiger partial charge on any atom is -0.313 e. The molecular weight excluding hydrogens is 220 g/mol. The van der Waals surface area contributed by atoms with Crippen LogP contribution in [-0.4, -0.2) is 36.6 Å². The maximum atomic E-state index is 3.81. The maximum absolute atomic E-state index is 3.81. The third-order valence-electron chi connectivity index (χ3n) is 5.10. The Hall–Kier alpha value is -0.0800. The Morgan fingerprint density at radius 1 is 0.944 bits per heavy atom. The predicted octanol–water partition coefficient (Wildman–Crippen LogP) is 3.03. The van der Waals surface area contributed by atoms with E-state index in [-0.39, 0.29) is 0 Å². The van der Waals surface area contributed by atoms with Gasteiger partial charge in [0.15, 0.2) is 0 Å². The summed E-state index contributed by atoms with van der Waals surface area (Å²) >= 11 is 0. The van der Waals surface area contributed by atoms with E-state index in [2.05, 4.69) is 17.1 Å². The van der Waals surface area contributed by atoms with Crippen molar-refractivity contribution < 1.29 is 0 Å². The van der Waals surface area contributed by atoms with Crippen LogP contribution in [0, 0.1) is 11.8 Å². The van der Waals surface area contributed by atoms with E-state index in [9.17, 15) is 0 Å². The topological polar surface area (TPSA) is 15.3 Å². The Morgan fingerprint density at radius 2 is 1.67 bits per heavy atom. The molecule has 3 aliphatic carbocycles. The zero-order chi connectivity index (χ0) is 12.4. The third kappa shape index (κ3) is 3.96. The van der Waals surface area contributed by atoms with E-state index in [0.717, 1.165) is 23.9 Å². The summed E-state index contributed by atoms with van der Waals surface area (Å²) in [7, 11) is 0. The van der Waals surface area contributed by atoms with E-state index in [1.807, 2.05) is 0 Å². The first-order chi connectivity index (χ1) is 8.81. The number of nitrogens with zero attached hydrogens (tertiary/aromatic N) is 1. The summed E-state index contributed by atoms with van der Waals surface area (Å²) in [4.78, 5) is 2.77. The first-order valence-corrected chi connectivity index (χ1v) is 8.28. The van der Waals surface area contributed by atoms with Crippen LogP contribution in [0.3, 0.4) is 0 Å². The van der Waals surface area contributed by atoms with Gasteiger partial charge in [0.05, 0.1) is 0 Å². The number of nitrogens with one attached hydrogen (secondary N) is 1. The molecule has 3 saturated carbocycles. The zero-order valence-electron chi connectivity index (χ0n) is 12.0. The molecule has 3 rings (SSSR count). The lowest BCUT2D eigenvalue weighted by Gasteiger charge is -2.28. The molecule has 3 fully saturated rings. The van der Waals surface area contributed by atoms with Crippen LogP contribution in [-0.2, 0) is 0 Å². The lowest BCUT2D eigenvalue weighted by Crippen LogP contribution is -2.40. The van der Waals surface area contributed by atoms with Gasteiger partial charge in [0.25, 0.3) is 0 Å². The van der Waals surface area contributed by atoms with E-state index >= 15 is 0 Å². The fourth-order valence-corrected chi connectivity index (χ4v) is 3.37. The molecule has 2 heteroatoms. The van der Waals surface area contributed by atoms with E-state index in [4.69, 9.17) is 0 Å². The minimum atomic E-state index is 0.822. The number of hydrogen-bond acceptors (Lipinski definition) is 2. The molecule has 0 spiro atoms. The SMILES string of the molecule is CC1CCC(NCCN(CC2CC2)C2CC2)CC1. The van der Waals surface area contributed by atoms with Gasteiger partial charge in [-0.2, -0.15) is 0 Å². The highest BCUT2D eigenvalue weighted by atomic mass is 15.2. The Bertz CT molecular complexity index is 250. The summed E-state index contributed by atoms with van der Waals surface area (Å²) in [6.07, 6.45) is 11.6. The van der Waals surface area contributed by atoms with Gasteiger partial charge >= 0.3 is 0 Å². The molecule has 1 N–H and O–H groups in total. The van der Waals surface area contributed by atoms with E-state index in [0.29, 0.717) is 0 Å². The molecule has 0 saturated heterocycles.